The van der Waals surface area contributed by atoms with Crippen molar-refractivity contribution in [2.45, 2.75) is 30.9 Å². The second-order valence-electron chi connectivity index (χ2n) is 3.83. The second kappa shape index (κ2) is 6.26. The van der Waals surface area contributed by atoms with Crippen LogP contribution in [0.3, 0.4) is 0 Å². The molecule has 0 amide bonds. The van der Waals surface area contributed by atoms with Crippen molar-refractivity contribution >= 4 is 27.3 Å². The molecule has 0 saturated heterocycles. The Morgan fingerprint density at radius 3 is 2.61 bits per heavy atom. The first-order valence-electron chi connectivity index (χ1n) is 5.58. The zero-order chi connectivity index (χ0) is 13.8. The quantitative estimate of drug-likeness (QED) is 0.795. The third-order valence-electron chi connectivity index (χ3n) is 2.70. The van der Waals surface area contributed by atoms with Crippen LogP contribution in [0, 0.1) is 5.92 Å². The molecule has 0 aliphatic rings. The van der Waals surface area contributed by atoms with Crippen LogP contribution >= 0.6 is 11.3 Å². The number of sulfonamides is 1. The van der Waals surface area contributed by atoms with Crippen LogP contribution in [-0.2, 0) is 10.0 Å². The topological polar surface area (TPSA) is 96.4 Å². The van der Waals surface area contributed by atoms with E-state index in [1.54, 1.807) is 0 Å². The molecule has 0 aromatic carbocycles. The van der Waals surface area contributed by atoms with E-state index in [1.165, 1.54) is 5.51 Å². The third-order valence-corrected chi connectivity index (χ3v) is 5.49. The number of hydrogen-bond acceptors (Lipinski definition) is 5. The molecule has 0 spiro atoms. The minimum Gasteiger partial charge on any atom is -0.476 e. The van der Waals surface area contributed by atoms with Gasteiger partial charge in [-0.3, -0.25) is 0 Å². The van der Waals surface area contributed by atoms with Gasteiger partial charge < -0.3 is 5.11 Å². The summed E-state index contributed by atoms with van der Waals surface area (Å²) >= 11 is 0.809. The maximum Gasteiger partial charge on any atom is 0.356 e. The summed E-state index contributed by atoms with van der Waals surface area (Å²) in [6.45, 7) is 4.28. The number of rotatable bonds is 7. The van der Waals surface area contributed by atoms with Gasteiger partial charge in [0.05, 0.1) is 5.51 Å². The lowest BCUT2D eigenvalue weighted by Crippen LogP contribution is -2.29. The van der Waals surface area contributed by atoms with Crippen molar-refractivity contribution in [2.75, 3.05) is 6.54 Å². The average molecular weight is 292 g/mol. The zero-order valence-electron chi connectivity index (χ0n) is 10.2. The zero-order valence-corrected chi connectivity index (χ0v) is 11.8. The molecule has 1 rings (SSSR count). The van der Waals surface area contributed by atoms with Gasteiger partial charge in [0.15, 0.2) is 9.90 Å². The van der Waals surface area contributed by atoms with Gasteiger partial charge >= 0.3 is 5.97 Å². The average Bonchev–Trinajstić information content (AvgIpc) is 2.80. The molecule has 8 heteroatoms. The van der Waals surface area contributed by atoms with Crippen LogP contribution in [-0.4, -0.2) is 31.0 Å². The summed E-state index contributed by atoms with van der Waals surface area (Å²) in [6.07, 6.45) is 1.74. The summed E-state index contributed by atoms with van der Waals surface area (Å²) in [5.74, 6) is -1.08. The predicted octanol–water partition coefficient (Wildman–Crippen LogP) is 1.56. The van der Waals surface area contributed by atoms with Gasteiger partial charge in [0.2, 0.25) is 0 Å². The van der Waals surface area contributed by atoms with Gasteiger partial charge in [-0.2, -0.15) is 0 Å². The molecule has 0 unspecified atom stereocenters. The van der Waals surface area contributed by atoms with E-state index in [1.807, 2.05) is 13.8 Å². The number of aromatic carboxylic acids is 1. The van der Waals surface area contributed by atoms with Crippen LogP contribution in [0.25, 0.3) is 0 Å². The van der Waals surface area contributed by atoms with Gasteiger partial charge in [0.1, 0.15) is 0 Å². The molecule has 1 aromatic rings. The molecule has 1 heterocycles. The molecule has 0 atom stereocenters. The number of aromatic nitrogens is 1. The second-order valence-corrected chi connectivity index (χ2v) is 6.64. The molecule has 0 radical (unpaired) electrons. The Morgan fingerprint density at radius 1 is 1.50 bits per heavy atom. The van der Waals surface area contributed by atoms with E-state index in [0.29, 0.717) is 6.54 Å². The minimum absolute atomic E-state index is 0.235. The van der Waals surface area contributed by atoms with E-state index < -0.39 is 21.7 Å². The van der Waals surface area contributed by atoms with Gasteiger partial charge in [0.25, 0.3) is 10.0 Å². The largest absolute Gasteiger partial charge is 0.476 e. The van der Waals surface area contributed by atoms with Crippen LogP contribution in [0.5, 0.6) is 0 Å². The molecule has 6 nitrogen and oxygen atoms in total. The van der Waals surface area contributed by atoms with Crippen molar-refractivity contribution in [3.05, 3.63) is 11.2 Å². The highest BCUT2D eigenvalue weighted by atomic mass is 32.2. The maximum atomic E-state index is 12.0. The van der Waals surface area contributed by atoms with Crippen LogP contribution < -0.4 is 4.72 Å². The number of hydrogen-bond donors (Lipinski definition) is 2. The summed E-state index contributed by atoms with van der Waals surface area (Å²) in [7, 11) is -3.78. The van der Waals surface area contributed by atoms with E-state index in [0.717, 1.165) is 24.2 Å². The normalized spacial score (nSPS) is 11.9. The lowest BCUT2D eigenvalue weighted by Gasteiger charge is -2.12. The van der Waals surface area contributed by atoms with Crippen LogP contribution in [0.4, 0.5) is 0 Å². The monoisotopic (exact) mass is 292 g/mol. The van der Waals surface area contributed by atoms with Crippen LogP contribution in [0.1, 0.15) is 37.2 Å². The molecule has 102 valence electrons. The summed E-state index contributed by atoms with van der Waals surface area (Å²) in [6, 6.07) is 0. The Hall–Kier alpha value is -0.990. The minimum atomic E-state index is -3.78. The Morgan fingerprint density at radius 2 is 2.11 bits per heavy atom. The van der Waals surface area contributed by atoms with Crippen molar-refractivity contribution in [1.82, 2.24) is 9.71 Å². The molecular formula is C10H16N2O4S2. The predicted molar refractivity (Wildman–Crippen MR) is 68.3 cm³/mol. The molecule has 0 fully saturated rings. The summed E-state index contributed by atoms with van der Waals surface area (Å²) in [5.41, 5.74) is 0.798. The Kier molecular flexibility index (Phi) is 5.24. The molecule has 0 aliphatic carbocycles. The van der Waals surface area contributed by atoms with Crippen molar-refractivity contribution in [3.8, 4) is 0 Å². The van der Waals surface area contributed by atoms with Crippen LogP contribution in [0.2, 0.25) is 0 Å². The Labute approximate surface area is 110 Å². The van der Waals surface area contributed by atoms with Crippen molar-refractivity contribution in [3.63, 3.8) is 0 Å². The first-order chi connectivity index (χ1) is 8.42. The molecule has 0 saturated carbocycles. The molecular weight excluding hydrogens is 276 g/mol. The number of carboxylic acids is 1. The van der Waals surface area contributed by atoms with Gasteiger partial charge in [0, 0.05) is 6.54 Å². The highest BCUT2D eigenvalue weighted by molar-refractivity contribution is 7.91. The smallest absolute Gasteiger partial charge is 0.356 e. The lowest BCUT2D eigenvalue weighted by atomic mass is 10.0. The van der Waals surface area contributed by atoms with Crippen molar-refractivity contribution in [1.29, 1.82) is 0 Å². The SMILES string of the molecule is CCC(CC)CNS(=O)(=O)c1scnc1C(=O)O. The number of nitrogens with zero attached hydrogens (tertiary/aromatic N) is 1. The number of thiazole rings is 1. The number of carbonyl (C=O) groups is 1. The van der Waals surface area contributed by atoms with E-state index >= 15 is 0 Å². The molecule has 0 aliphatic heterocycles. The van der Waals surface area contributed by atoms with E-state index in [-0.39, 0.29) is 10.1 Å². The van der Waals surface area contributed by atoms with Gasteiger partial charge in [-0.15, -0.1) is 11.3 Å². The highest BCUT2D eigenvalue weighted by Crippen LogP contribution is 2.20. The fourth-order valence-corrected chi connectivity index (χ4v) is 3.74. The van der Waals surface area contributed by atoms with Gasteiger partial charge in [-0.25, -0.2) is 22.9 Å². The molecule has 0 bridgehead atoms. The summed E-state index contributed by atoms with van der Waals surface area (Å²) in [5, 5.41) is 8.84. The third kappa shape index (κ3) is 3.50. The standard InChI is InChI=1S/C10H16N2O4S2/c1-3-7(4-2)5-12-18(15,16)10-8(9(13)14)11-6-17-10/h6-7,12H,3-5H2,1-2H3,(H,13,14). The fraction of sp³-hybridized carbons (Fsp3) is 0.600. The molecule has 1 aromatic heterocycles. The molecule has 2 N–H and O–H groups in total. The fourth-order valence-electron chi connectivity index (χ4n) is 1.44. The van der Waals surface area contributed by atoms with E-state index in [4.69, 9.17) is 5.11 Å². The first kappa shape index (κ1) is 15.1. The Bertz CT molecular complexity index is 506. The molecule has 18 heavy (non-hydrogen) atoms. The van der Waals surface area contributed by atoms with Gasteiger partial charge in [-0.1, -0.05) is 26.7 Å². The summed E-state index contributed by atoms with van der Waals surface area (Å²) in [4.78, 5) is 14.4. The number of carboxylic acid groups (broad SMARTS) is 1. The van der Waals surface area contributed by atoms with E-state index in [9.17, 15) is 13.2 Å². The highest BCUT2D eigenvalue weighted by Gasteiger charge is 2.25. The first-order valence-corrected chi connectivity index (χ1v) is 7.95. The summed E-state index contributed by atoms with van der Waals surface area (Å²) < 4.78 is 26.1. The number of nitrogens with one attached hydrogen (secondary N) is 1. The van der Waals surface area contributed by atoms with Crippen molar-refractivity contribution in [2.24, 2.45) is 5.92 Å². The lowest BCUT2D eigenvalue weighted by molar-refractivity contribution is 0.0687. The van der Waals surface area contributed by atoms with E-state index in [2.05, 4.69) is 9.71 Å². The van der Waals surface area contributed by atoms with Crippen LogP contribution in [0.15, 0.2) is 9.72 Å². The van der Waals surface area contributed by atoms with Crippen molar-refractivity contribution < 1.29 is 18.3 Å². The van der Waals surface area contributed by atoms with Gasteiger partial charge in [-0.05, 0) is 5.92 Å². The maximum absolute atomic E-state index is 12.0. The Balaban J connectivity index is 2.87.